The summed E-state index contributed by atoms with van der Waals surface area (Å²) in [4.78, 5) is 0. The average molecular weight is 257 g/mol. The molecule has 19 heavy (non-hydrogen) atoms. The van der Waals surface area contributed by atoms with Gasteiger partial charge in [0.2, 0.25) is 0 Å². The SMILES string of the molecule is CCCCNC(C)c1ccc2cc(OC)ccc2c1. The van der Waals surface area contributed by atoms with Crippen molar-refractivity contribution in [3.63, 3.8) is 0 Å². The largest absolute Gasteiger partial charge is 0.497 e. The van der Waals surface area contributed by atoms with Gasteiger partial charge in [0.05, 0.1) is 7.11 Å². The normalized spacial score (nSPS) is 12.6. The zero-order valence-corrected chi connectivity index (χ0v) is 12.1. The standard InChI is InChI=1S/C17H23NO/c1-4-5-10-18-13(2)14-6-7-16-12-17(19-3)9-8-15(16)11-14/h6-9,11-13,18H,4-5,10H2,1-3H3. The number of benzene rings is 2. The van der Waals surface area contributed by atoms with Crippen molar-refractivity contribution in [3.05, 3.63) is 42.0 Å². The van der Waals surface area contributed by atoms with Crippen LogP contribution in [-0.2, 0) is 0 Å². The number of hydrogen-bond acceptors (Lipinski definition) is 2. The van der Waals surface area contributed by atoms with Crippen LogP contribution in [0, 0.1) is 0 Å². The van der Waals surface area contributed by atoms with E-state index < -0.39 is 0 Å². The van der Waals surface area contributed by atoms with Crippen LogP contribution in [-0.4, -0.2) is 13.7 Å². The van der Waals surface area contributed by atoms with Crippen molar-refractivity contribution in [3.8, 4) is 5.75 Å². The summed E-state index contributed by atoms with van der Waals surface area (Å²) >= 11 is 0. The van der Waals surface area contributed by atoms with E-state index in [1.54, 1.807) is 7.11 Å². The number of nitrogens with one attached hydrogen (secondary N) is 1. The highest BCUT2D eigenvalue weighted by Crippen LogP contribution is 2.24. The van der Waals surface area contributed by atoms with Crippen molar-refractivity contribution in [1.82, 2.24) is 5.32 Å². The van der Waals surface area contributed by atoms with Gasteiger partial charge in [0.15, 0.2) is 0 Å². The first-order valence-corrected chi connectivity index (χ1v) is 7.05. The molecule has 1 atom stereocenters. The van der Waals surface area contributed by atoms with Gasteiger partial charge < -0.3 is 10.1 Å². The predicted octanol–water partition coefficient (Wildman–Crippen LogP) is 4.30. The smallest absolute Gasteiger partial charge is 0.119 e. The van der Waals surface area contributed by atoms with Crippen LogP contribution in [0.5, 0.6) is 5.75 Å². The summed E-state index contributed by atoms with van der Waals surface area (Å²) < 4.78 is 5.25. The van der Waals surface area contributed by atoms with Crippen LogP contribution in [0.25, 0.3) is 10.8 Å². The lowest BCUT2D eigenvalue weighted by molar-refractivity contribution is 0.415. The molecule has 0 spiro atoms. The molecule has 2 rings (SSSR count). The Balaban J connectivity index is 2.16. The summed E-state index contributed by atoms with van der Waals surface area (Å²) in [7, 11) is 1.70. The second-order valence-corrected chi connectivity index (χ2v) is 5.00. The van der Waals surface area contributed by atoms with E-state index in [-0.39, 0.29) is 0 Å². The molecule has 2 aromatic carbocycles. The molecule has 0 bridgehead atoms. The molecule has 0 fully saturated rings. The molecule has 2 heteroatoms. The van der Waals surface area contributed by atoms with Crippen LogP contribution in [0.4, 0.5) is 0 Å². The molecule has 2 aromatic rings. The Hall–Kier alpha value is -1.54. The van der Waals surface area contributed by atoms with E-state index in [1.165, 1.54) is 29.2 Å². The van der Waals surface area contributed by atoms with Crippen LogP contribution in [0.2, 0.25) is 0 Å². The lowest BCUT2D eigenvalue weighted by Gasteiger charge is -2.15. The van der Waals surface area contributed by atoms with Gasteiger partial charge in [0, 0.05) is 6.04 Å². The molecule has 0 heterocycles. The minimum absolute atomic E-state index is 0.401. The summed E-state index contributed by atoms with van der Waals surface area (Å²) in [6.07, 6.45) is 2.46. The number of unbranched alkanes of at least 4 members (excludes halogenated alkanes) is 1. The first kappa shape index (κ1) is 13.9. The second kappa shape index (κ2) is 6.58. The third-order valence-electron chi connectivity index (χ3n) is 3.55. The van der Waals surface area contributed by atoms with E-state index in [4.69, 9.17) is 4.74 Å². The first-order chi connectivity index (χ1) is 9.24. The van der Waals surface area contributed by atoms with Gasteiger partial charge in [-0.25, -0.2) is 0 Å². The molecule has 0 saturated carbocycles. The molecular formula is C17H23NO. The fraction of sp³-hybridized carbons (Fsp3) is 0.412. The van der Waals surface area contributed by atoms with Crippen LogP contribution in [0.15, 0.2) is 36.4 Å². The van der Waals surface area contributed by atoms with Crippen LogP contribution >= 0.6 is 0 Å². The minimum Gasteiger partial charge on any atom is -0.497 e. The van der Waals surface area contributed by atoms with Crippen molar-refractivity contribution >= 4 is 10.8 Å². The summed E-state index contributed by atoms with van der Waals surface area (Å²) in [5.41, 5.74) is 1.34. The topological polar surface area (TPSA) is 21.3 Å². The Morgan fingerprint density at radius 2 is 1.84 bits per heavy atom. The van der Waals surface area contributed by atoms with Crippen LogP contribution in [0.1, 0.15) is 38.3 Å². The number of hydrogen-bond donors (Lipinski definition) is 1. The van der Waals surface area contributed by atoms with Crippen molar-refractivity contribution in [2.45, 2.75) is 32.7 Å². The average Bonchev–Trinajstić information content (AvgIpc) is 2.46. The van der Waals surface area contributed by atoms with Gasteiger partial charge in [-0.2, -0.15) is 0 Å². The third kappa shape index (κ3) is 3.48. The Labute approximate surface area is 115 Å². The Morgan fingerprint density at radius 3 is 2.58 bits per heavy atom. The molecule has 1 N–H and O–H groups in total. The van der Waals surface area contributed by atoms with E-state index >= 15 is 0 Å². The number of ether oxygens (including phenoxy) is 1. The lowest BCUT2D eigenvalue weighted by Crippen LogP contribution is -2.19. The predicted molar refractivity (Wildman–Crippen MR) is 81.8 cm³/mol. The van der Waals surface area contributed by atoms with E-state index in [9.17, 15) is 0 Å². The molecule has 0 aliphatic heterocycles. The number of fused-ring (bicyclic) bond motifs is 1. The third-order valence-corrected chi connectivity index (χ3v) is 3.55. The molecule has 102 valence electrons. The van der Waals surface area contributed by atoms with Gasteiger partial charge >= 0.3 is 0 Å². The Bertz CT molecular complexity index is 536. The fourth-order valence-corrected chi connectivity index (χ4v) is 2.25. The molecule has 0 amide bonds. The minimum atomic E-state index is 0.401. The van der Waals surface area contributed by atoms with Gasteiger partial charge in [-0.3, -0.25) is 0 Å². The number of rotatable bonds is 6. The lowest BCUT2D eigenvalue weighted by atomic mass is 10.0. The Kier molecular flexibility index (Phi) is 4.80. The van der Waals surface area contributed by atoms with Gasteiger partial charge in [0.1, 0.15) is 5.75 Å². The van der Waals surface area contributed by atoms with Crippen molar-refractivity contribution < 1.29 is 4.74 Å². The Morgan fingerprint density at radius 1 is 1.11 bits per heavy atom. The van der Waals surface area contributed by atoms with Gasteiger partial charge in [-0.05, 0) is 54.4 Å². The van der Waals surface area contributed by atoms with Crippen LogP contribution in [0.3, 0.4) is 0 Å². The highest BCUT2D eigenvalue weighted by atomic mass is 16.5. The summed E-state index contributed by atoms with van der Waals surface area (Å²) in [5.74, 6) is 0.911. The molecule has 0 aliphatic carbocycles. The van der Waals surface area contributed by atoms with E-state index in [0.29, 0.717) is 6.04 Å². The highest BCUT2D eigenvalue weighted by molar-refractivity contribution is 5.84. The van der Waals surface area contributed by atoms with E-state index in [1.807, 2.05) is 6.07 Å². The molecule has 0 radical (unpaired) electrons. The van der Waals surface area contributed by atoms with Crippen molar-refractivity contribution in [1.29, 1.82) is 0 Å². The van der Waals surface area contributed by atoms with E-state index in [0.717, 1.165) is 12.3 Å². The zero-order chi connectivity index (χ0) is 13.7. The van der Waals surface area contributed by atoms with Crippen molar-refractivity contribution in [2.75, 3.05) is 13.7 Å². The maximum absolute atomic E-state index is 5.25. The van der Waals surface area contributed by atoms with Crippen LogP contribution < -0.4 is 10.1 Å². The van der Waals surface area contributed by atoms with Gasteiger partial charge in [-0.1, -0.05) is 31.5 Å². The quantitative estimate of drug-likeness (QED) is 0.779. The second-order valence-electron chi connectivity index (χ2n) is 5.00. The first-order valence-electron chi connectivity index (χ1n) is 7.05. The molecule has 0 saturated heterocycles. The molecular weight excluding hydrogens is 234 g/mol. The molecule has 0 aliphatic rings. The molecule has 0 aromatic heterocycles. The summed E-state index contributed by atoms with van der Waals surface area (Å²) in [5, 5.41) is 6.05. The molecule has 1 unspecified atom stereocenters. The van der Waals surface area contributed by atoms with Crippen molar-refractivity contribution in [2.24, 2.45) is 0 Å². The maximum atomic E-state index is 5.25. The van der Waals surface area contributed by atoms with Gasteiger partial charge in [0.25, 0.3) is 0 Å². The summed E-state index contributed by atoms with van der Waals surface area (Å²) in [6, 6.07) is 13.2. The summed E-state index contributed by atoms with van der Waals surface area (Å²) in [6.45, 7) is 5.52. The maximum Gasteiger partial charge on any atom is 0.119 e. The molecule has 2 nitrogen and oxygen atoms in total. The van der Waals surface area contributed by atoms with Gasteiger partial charge in [-0.15, -0.1) is 0 Å². The monoisotopic (exact) mass is 257 g/mol. The highest BCUT2D eigenvalue weighted by Gasteiger charge is 2.05. The fourth-order valence-electron chi connectivity index (χ4n) is 2.25. The number of methoxy groups -OCH3 is 1. The van der Waals surface area contributed by atoms with E-state index in [2.05, 4.69) is 49.5 Å². The zero-order valence-electron chi connectivity index (χ0n) is 12.1.